The van der Waals surface area contributed by atoms with Gasteiger partial charge in [-0.1, -0.05) is 49.1 Å². The molecular weight excluding hydrogens is 388 g/mol. The summed E-state index contributed by atoms with van der Waals surface area (Å²) in [5.74, 6) is 1.58. The number of para-hydroxylation sites is 2. The number of hydrogen-bond acceptors (Lipinski definition) is 5. The van der Waals surface area contributed by atoms with Crippen LogP contribution in [0.2, 0.25) is 0 Å². The molecule has 1 saturated heterocycles. The highest BCUT2D eigenvalue weighted by Crippen LogP contribution is 2.31. The molecule has 31 heavy (non-hydrogen) atoms. The molecule has 0 amide bonds. The Bertz CT molecular complexity index is 1010. The number of ether oxygens (including phenoxy) is 1. The Labute approximate surface area is 184 Å². The zero-order valence-corrected chi connectivity index (χ0v) is 18.0. The van der Waals surface area contributed by atoms with Crippen molar-refractivity contribution in [2.75, 3.05) is 37.7 Å². The lowest BCUT2D eigenvalue weighted by molar-refractivity contribution is 0.205. The van der Waals surface area contributed by atoms with E-state index in [1.807, 2.05) is 48.1 Å². The lowest BCUT2D eigenvalue weighted by Gasteiger charge is -2.37. The molecule has 1 unspecified atom stereocenters. The van der Waals surface area contributed by atoms with E-state index in [0.717, 1.165) is 49.7 Å². The van der Waals surface area contributed by atoms with Crippen molar-refractivity contribution in [3.8, 4) is 5.75 Å². The van der Waals surface area contributed by atoms with Crippen LogP contribution in [-0.2, 0) is 13.6 Å². The summed E-state index contributed by atoms with van der Waals surface area (Å²) < 4.78 is 7.68. The zero-order chi connectivity index (χ0) is 21.6. The van der Waals surface area contributed by atoms with Crippen molar-refractivity contribution in [3.63, 3.8) is 0 Å². The molecule has 6 nitrogen and oxygen atoms in total. The van der Waals surface area contributed by atoms with Crippen LogP contribution in [-0.4, -0.2) is 52.3 Å². The van der Waals surface area contributed by atoms with Crippen LogP contribution in [0.3, 0.4) is 0 Å². The lowest BCUT2D eigenvalue weighted by Crippen LogP contribution is -2.46. The Kier molecular flexibility index (Phi) is 6.70. The molecule has 162 valence electrons. The third kappa shape index (κ3) is 4.81. The number of aryl methyl sites for hydroxylation is 1. The Morgan fingerprint density at radius 3 is 2.58 bits per heavy atom. The number of aromatic nitrogens is 2. The van der Waals surface area contributed by atoms with Gasteiger partial charge in [0.05, 0.1) is 0 Å². The van der Waals surface area contributed by atoms with E-state index in [0.29, 0.717) is 12.4 Å². The molecule has 3 aromatic rings. The Morgan fingerprint density at radius 2 is 1.84 bits per heavy atom. The summed E-state index contributed by atoms with van der Waals surface area (Å²) in [6.07, 6.45) is 4.60. The molecule has 0 saturated carbocycles. The van der Waals surface area contributed by atoms with E-state index in [2.05, 4.69) is 39.6 Å². The van der Waals surface area contributed by atoms with Crippen molar-refractivity contribution in [1.82, 2.24) is 14.5 Å². The largest absolute Gasteiger partial charge is 0.489 e. The average molecular weight is 419 g/mol. The lowest BCUT2D eigenvalue weighted by atomic mass is 10.0. The first-order chi connectivity index (χ1) is 15.2. The number of aliphatic hydroxyl groups is 1. The second-order valence-electron chi connectivity index (χ2n) is 7.83. The Hall–Kier alpha value is -3.09. The molecule has 6 heteroatoms. The van der Waals surface area contributed by atoms with Gasteiger partial charge in [-0.15, -0.1) is 0 Å². The summed E-state index contributed by atoms with van der Waals surface area (Å²) in [6.45, 7) is 8.81. The van der Waals surface area contributed by atoms with E-state index in [1.54, 1.807) is 12.3 Å². The van der Waals surface area contributed by atoms with Crippen LogP contribution in [0, 0.1) is 0 Å². The summed E-state index contributed by atoms with van der Waals surface area (Å²) in [5, 5.41) is 11.0. The van der Waals surface area contributed by atoms with Crippen LogP contribution >= 0.6 is 0 Å². The fourth-order valence-electron chi connectivity index (χ4n) is 4.10. The quantitative estimate of drug-likeness (QED) is 0.569. The summed E-state index contributed by atoms with van der Waals surface area (Å²) >= 11 is 0. The minimum absolute atomic E-state index is 0.514. The normalized spacial score (nSPS) is 15.6. The van der Waals surface area contributed by atoms with E-state index in [1.165, 1.54) is 5.56 Å². The number of benzene rings is 2. The van der Waals surface area contributed by atoms with Gasteiger partial charge in [-0.3, -0.25) is 4.90 Å². The van der Waals surface area contributed by atoms with Gasteiger partial charge in [-0.2, -0.15) is 0 Å². The molecule has 0 bridgehead atoms. The van der Waals surface area contributed by atoms with E-state index in [9.17, 15) is 5.11 Å². The first-order valence-electron chi connectivity index (χ1n) is 10.7. The predicted molar refractivity (Wildman–Crippen MR) is 123 cm³/mol. The number of anilines is 1. The van der Waals surface area contributed by atoms with Gasteiger partial charge < -0.3 is 19.3 Å². The maximum atomic E-state index is 11.0. The zero-order valence-electron chi connectivity index (χ0n) is 18.0. The number of rotatable bonds is 8. The van der Waals surface area contributed by atoms with Gasteiger partial charge in [0.1, 0.15) is 24.3 Å². The summed E-state index contributed by atoms with van der Waals surface area (Å²) in [5.41, 5.74) is 3.17. The SMILES string of the molecule is C=CCOc1ccccc1CN1CCN(c2ccccc2C(O)c2nccn2C)CC1. The summed E-state index contributed by atoms with van der Waals surface area (Å²) in [7, 11) is 1.91. The summed E-state index contributed by atoms with van der Waals surface area (Å²) in [6, 6.07) is 16.3. The number of piperazine rings is 1. The second-order valence-corrected chi connectivity index (χ2v) is 7.83. The van der Waals surface area contributed by atoms with Crippen LogP contribution in [0.5, 0.6) is 5.75 Å². The molecule has 1 aliphatic heterocycles. The molecule has 1 fully saturated rings. The topological polar surface area (TPSA) is 53.8 Å². The molecule has 1 aliphatic rings. The fraction of sp³-hybridized carbons (Fsp3) is 0.320. The van der Waals surface area contributed by atoms with Gasteiger partial charge in [0.25, 0.3) is 0 Å². The highest BCUT2D eigenvalue weighted by molar-refractivity contribution is 5.56. The average Bonchev–Trinajstić information content (AvgIpc) is 3.24. The van der Waals surface area contributed by atoms with Crippen molar-refractivity contribution in [1.29, 1.82) is 0 Å². The highest BCUT2D eigenvalue weighted by Gasteiger charge is 2.24. The molecule has 1 N–H and O–H groups in total. The van der Waals surface area contributed by atoms with E-state index < -0.39 is 6.10 Å². The standard InChI is InChI=1S/C25H30N4O2/c1-3-18-31-23-11-7-4-8-20(23)19-28-14-16-29(17-15-28)22-10-6-5-9-21(22)24(30)25-26-12-13-27(25)2/h3-13,24,30H,1,14-19H2,2H3. The van der Waals surface area contributed by atoms with E-state index >= 15 is 0 Å². The second kappa shape index (κ2) is 9.81. The van der Waals surface area contributed by atoms with Crippen LogP contribution in [0.25, 0.3) is 0 Å². The first-order valence-corrected chi connectivity index (χ1v) is 10.7. The maximum absolute atomic E-state index is 11.0. The van der Waals surface area contributed by atoms with Gasteiger partial charge in [-0.05, 0) is 12.1 Å². The van der Waals surface area contributed by atoms with Crippen molar-refractivity contribution in [2.24, 2.45) is 7.05 Å². The van der Waals surface area contributed by atoms with Crippen LogP contribution in [0.4, 0.5) is 5.69 Å². The van der Waals surface area contributed by atoms with Crippen LogP contribution < -0.4 is 9.64 Å². The van der Waals surface area contributed by atoms with Crippen LogP contribution in [0.1, 0.15) is 23.1 Å². The number of aliphatic hydroxyl groups excluding tert-OH is 1. The smallest absolute Gasteiger partial charge is 0.142 e. The van der Waals surface area contributed by atoms with Crippen LogP contribution in [0.15, 0.2) is 73.6 Å². The van der Waals surface area contributed by atoms with E-state index in [-0.39, 0.29) is 0 Å². The minimum Gasteiger partial charge on any atom is -0.489 e. The van der Waals surface area contributed by atoms with Crippen molar-refractivity contribution < 1.29 is 9.84 Å². The fourth-order valence-corrected chi connectivity index (χ4v) is 4.10. The number of imidazole rings is 1. The molecule has 0 spiro atoms. The van der Waals surface area contributed by atoms with Gasteiger partial charge in [0.15, 0.2) is 0 Å². The first kappa shape index (κ1) is 21.2. The number of hydrogen-bond donors (Lipinski definition) is 1. The molecule has 4 rings (SSSR count). The highest BCUT2D eigenvalue weighted by atomic mass is 16.5. The van der Waals surface area contributed by atoms with Crippen molar-refractivity contribution in [2.45, 2.75) is 12.6 Å². The van der Waals surface area contributed by atoms with Crippen molar-refractivity contribution >= 4 is 5.69 Å². The summed E-state index contributed by atoms with van der Waals surface area (Å²) in [4.78, 5) is 9.14. The minimum atomic E-state index is -0.747. The van der Waals surface area contributed by atoms with Gasteiger partial charge in [-0.25, -0.2) is 4.98 Å². The maximum Gasteiger partial charge on any atom is 0.142 e. The van der Waals surface area contributed by atoms with Gasteiger partial charge >= 0.3 is 0 Å². The molecule has 2 heterocycles. The van der Waals surface area contributed by atoms with Crippen molar-refractivity contribution in [3.05, 3.63) is 90.5 Å². The molecular formula is C25H30N4O2. The molecule has 0 aliphatic carbocycles. The monoisotopic (exact) mass is 418 g/mol. The van der Waals surface area contributed by atoms with Gasteiger partial charge in [0.2, 0.25) is 0 Å². The third-order valence-corrected chi connectivity index (χ3v) is 5.77. The molecule has 0 radical (unpaired) electrons. The van der Waals surface area contributed by atoms with Gasteiger partial charge in [0, 0.05) is 69.0 Å². The number of nitrogens with zero attached hydrogens (tertiary/aromatic N) is 4. The Morgan fingerprint density at radius 1 is 1.10 bits per heavy atom. The Balaban J connectivity index is 1.43. The molecule has 2 aromatic carbocycles. The molecule has 1 atom stereocenters. The molecule has 1 aromatic heterocycles. The predicted octanol–water partition coefficient (Wildman–Crippen LogP) is 3.39. The third-order valence-electron chi connectivity index (χ3n) is 5.77. The van der Waals surface area contributed by atoms with E-state index in [4.69, 9.17) is 4.74 Å².